The fraction of sp³-hybridized carbons (Fsp3) is 0.133. The van der Waals surface area contributed by atoms with Crippen molar-refractivity contribution < 1.29 is 22.7 Å². The summed E-state index contributed by atoms with van der Waals surface area (Å²) in [5.41, 5.74) is 4.70. The van der Waals surface area contributed by atoms with E-state index in [-0.39, 0.29) is 34.0 Å². The largest absolute Gasteiger partial charge is 0.454 e. The molecule has 0 unspecified atom stereocenters. The molecular weight excluding hydrogens is 368 g/mol. The molecule has 0 spiro atoms. The highest BCUT2D eigenvalue weighted by Gasteiger charge is 2.32. The van der Waals surface area contributed by atoms with Crippen molar-refractivity contribution >= 4 is 34.8 Å². The molecule has 0 saturated heterocycles. The topological polar surface area (TPSA) is 64.4 Å². The Hall–Kier alpha value is -1.96. The predicted octanol–water partition coefficient (Wildman–Crippen LogP) is 4.70. The molecule has 128 valence electrons. The van der Waals surface area contributed by atoms with Gasteiger partial charge in [0, 0.05) is 5.69 Å². The fourth-order valence-corrected chi connectivity index (χ4v) is 2.32. The maximum absolute atomic E-state index is 12.7. The van der Waals surface area contributed by atoms with E-state index in [0.29, 0.717) is 5.69 Å². The van der Waals surface area contributed by atoms with Gasteiger partial charge in [-0.05, 0) is 36.4 Å². The molecule has 0 aliphatic heterocycles. The molecule has 0 aliphatic carbocycles. The van der Waals surface area contributed by atoms with Gasteiger partial charge in [0.1, 0.15) is 5.75 Å². The number of alkyl halides is 3. The molecule has 0 aliphatic rings. The van der Waals surface area contributed by atoms with Crippen molar-refractivity contribution in [3.63, 3.8) is 0 Å². The summed E-state index contributed by atoms with van der Waals surface area (Å²) in [5, 5.41) is 2.00. The van der Waals surface area contributed by atoms with Gasteiger partial charge in [-0.25, -0.2) is 0 Å². The predicted molar refractivity (Wildman–Crippen MR) is 85.7 cm³/mol. The van der Waals surface area contributed by atoms with Crippen LogP contribution >= 0.6 is 23.2 Å². The molecule has 2 aromatic carbocycles. The van der Waals surface area contributed by atoms with Crippen molar-refractivity contribution in [3.05, 3.63) is 52.0 Å². The minimum Gasteiger partial charge on any atom is -0.454 e. The van der Waals surface area contributed by atoms with Gasteiger partial charge in [0.15, 0.2) is 5.75 Å². The zero-order chi connectivity index (χ0) is 17.9. The summed E-state index contributed by atoms with van der Waals surface area (Å²) in [7, 11) is 0. The van der Waals surface area contributed by atoms with Crippen molar-refractivity contribution in [2.45, 2.75) is 6.18 Å². The first-order valence-electron chi connectivity index (χ1n) is 6.55. The number of halogens is 5. The number of carbonyl (C=O) groups excluding carboxylic acids is 1. The van der Waals surface area contributed by atoms with Crippen LogP contribution in [0.2, 0.25) is 10.0 Å². The first-order chi connectivity index (χ1) is 11.2. The number of ether oxygens (including phenoxy) is 1. The van der Waals surface area contributed by atoms with Crippen molar-refractivity contribution in [3.8, 4) is 11.5 Å². The first-order valence-corrected chi connectivity index (χ1v) is 7.30. The summed E-state index contributed by atoms with van der Waals surface area (Å²) in [4.78, 5) is 11.2. The van der Waals surface area contributed by atoms with E-state index in [1.165, 1.54) is 24.3 Å². The Bertz CT molecular complexity index is 726. The Kier molecular flexibility index (Phi) is 5.58. The number of anilines is 1. The van der Waals surface area contributed by atoms with Crippen LogP contribution in [0.5, 0.6) is 11.5 Å². The van der Waals surface area contributed by atoms with Crippen molar-refractivity contribution in [1.29, 1.82) is 0 Å². The molecule has 0 atom stereocenters. The molecule has 4 nitrogen and oxygen atoms in total. The van der Waals surface area contributed by atoms with Gasteiger partial charge in [-0.2, -0.15) is 13.2 Å². The van der Waals surface area contributed by atoms with Crippen LogP contribution < -0.4 is 15.8 Å². The van der Waals surface area contributed by atoms with Crippen LogP contribution in [0.3, 0.4) is 0 Å². The van der Waals surface area contributed by atoms with E-state index < -0.39 is 11.7 Å². The summed E-state index contributed by atoms with van der Waals surface area (Å²) in [5.74, 6) is -0.174. The van der Waals surface area contributed by atoms with Crippen LogP contribution in [0.1, 0.15) is 5.56 Å². The highest BCUT2D eigenvalue weighted by atomic mass is 35.5. The van der Waals surface area contributed by atoms with Crippen LogP contribution in [0.25, 0.3) is 0 Å². The average molecular weight is 379 g/mol. The summed E-state index contributed by atoms with van der Waals surface area (Å²) in [6, 6.07) is 7.54. The number of nitrogens with two attached hydrogens (primary N) is 1. The zero-order valence-electron chi connectivity index (χ0n) is 12.0. The quantitative estimate of drug-likeness (QED) is 0.809. The van der Waals surface area contributed by atoms with Crippen molar-refractivity contribution in [1.82, 2.24) is 0 Å². The average Bonchev–Trinajstić information content (AvgIpc) is 2.51. The van der Waals surface area contributed by atoms with Gasteiger partial charge >= 0.3 is 6.18 Å². The molecule has 1 amide bonds. The van der Waals surface area contributed by atoms with E-state index in [1.807, 2.05) is 0 Å². The molecule has 0 fully saturated rings. The summed E-state index contributed by atoms with van der Waals surface area (Å²) in [6.45, 7) is -0.158. The summed E-state index contributed by atoms with van der Waals surface area (Å²) >= 11 is 11.7. The summed E-state index contributed by atoms with van der Waals surface area (Å²) < 4.78 is 43.5. The molecule has 2 aromatic rings. The Morgan fingerprint density at radius 2 is 1.67 bits per heavy atom. The van der Waals surface area contributed by atoms with Crippen LogP contribution in [0, 0.1) is 0 Å². The van der Waals surface area contributed by atoms with E-state index in [4.69, 9.17) is 33.7 Å². The number of nitrogens with one attached hydrogen (secondary N) is 1. The third kappa shape index (κ3) is 4.53. The van der Waals surface area contributed by atoms with Gasteiger partial charge in [-0.1, -0.05) is 23.2 Å². The van der Waals surface area contributed by atoms with E-state index in [1.54, 1.807) is 0 Å². The Labute approximate surface area is 145 Å². The molecule has 0 saturated carbocycles. The summed E-state index contributed by atoms with van der Waals surface area (Å²) in [6.07, 6.45) is -4.56. The standard InChI is InChI=1S/C15H11Cl2F3N2O2/c16-11-5-8(15(18,19)20)6-12(17)14(11)24-10-3-1-9(2-4-10)22-13(23)7-21/h1-6H,7,21H2,(H,22,23). The molecule has 9 heteroatoms. The van der Waals surface area contributed by atoms with Crippen LogP contribution in [-0.4, -0.2) is 12.5 Å². The van der Waals surface area contributed by atoms with Crippen molar-refractivity contribution in [2.75, 3.05) is 11.9 Å². The van der Waals surface area contributed by atoms with Crippen LogP contribution in [0.15, 0.2) is 36.4 Å². The second-order valence-electron chi connectivity index (χ2n) is 4.65. The molecule has 0 heterocycles. The lowest BCUT2D eigenvalue weighted by atomic mass is 10.2. The van der Waals surface area contributed by atoms with Gasteiger partial charge in [-0.3, -0.25) is 4.79 Å². The monoisotopic (exact) mass is 378 g/mol. The molecule has 24 heavy (non-hydrogen) atoms. The minimum absolute atomic E-state index is 0.0925. The number of rotatable bonds is 4. The maximum atomic E-state index is 12.7. The maximum Gasteiger partial charge on any atom is 0.416 e. The number of benzene rings is 2. The molecule has 0 aromatic heterocycles. The van der Waals surface area contributed by atoms with Gasteiger partial charge < -0.3 is 15.8 Å². The smallest absolute Gasteiger partial charge is 0.416 e. The molecule has 0 bridgehead atoms. The number of carbonyl (C=O) groups is 1. The molecule has 3 N–H and O–H groups in total. The number of hydrogen-bond donors (Lipinski definition) is 2. The number of amides is 1. The lowest BCUT2D eigenvalue weighted by Crippen LogP contribution is -2.21. The van der Waals surface area contributed by atoms with E-state index in [2.05, 4.69) is 5.32 Å². The fourth-order valence-electron chi connectivity index (χ4n) is 1.76. The number of hydrogen-bond acceptors (Lipinski definition) is 3. The Morgan fingerprint density at radius 1 is 1.12 bits per heavy atom. The van der Waals surface area contributed by atoms with Crippen LogP contribution in [-0.2, 0) is 11.0 Å². The van der Waals surface area contributed by atoms with Gasteiger partial charge in [0.25, 0.3) is 0 Å². The van der Waals surface area contributed by atoms with Gasteiger partial charge in [0.05, 0.1) is 22.2 Å². The second-order valence-corrected chi connectivity index (χ2v) is 5.46. The molecule has 2 rings (SSSR count). The minimum atomic E-state index is -4.56. The Morgan fingerprint density at radius 3 is 2.12 bits per heavy atom. The van der Waals surface area contributed by atoms with Gasteiger partial charge in [-0.15, -0.1) is 0 Å². The second kappa shape index (κ2) is 7.29. The third-order valence-electron chi connectivity index (χ3n) is 2.87. The third-order valence-corrected chi connectivity index (χ3v) is 3.43. The van der Waals surface area contributed by atoms with E-state index in [0.717, 1.165) is 12.1 Å². The molecular formula is C15H11Cl2F3N2O2. The first kappa shape index (κ1) is 18.4. The SMILES string of the molecule is NCC(=O)Nc1ccc(Oc2c(Cl)cc(C(F)(F)F)cc2Cl)cc1. The van der Waals surface area contributed by atoms with Crippen LogP contribution in [0.4, 0.5) is 18.9 Å². The van der Waals surface area contributed by atoms with Gasteiger partial charge in [0.2, 0.25) is 5.91 Å². The highest BCUT2D eigenvalue weighted by Crippen LogP contribution is 2.41. The Balaban J connectivity index is 2.21. The van der Waals surface area contributed by atoms with E-state index in [9.17, 15) is 18.0 Å². The van der Waals surface area contributed by atoms with E-state index >= 15 is 0 Å². The van der Waals surface area contributed by atoms with Crippen molar-refractivity contribution in [2.24, 2.45) is 5.73 Å². The lowest BCUT2D eigenvalue weighted by molar-refractivity contribution is -0.137. The molecule has 0 radical (unpaired) electrons. The zero-order valence-corrected chi connectivity index (χ0v) is 13.5. The highest BCUT2D eigenvalue weighted by molar-refractivity contribution is 6.37. The normalized spacial score (nSPS) is 11.2. The lowest BCUT2D eigenvalue weighted by Gasteiger charge is -2.13.